The number of hydrogen-bond donors (Lipinski definition) is 0. The number of ketones is 1. The van der Waals surface area contributed by atoms with E-state index in [0.29, 0.717) is 5.78 Å². The number of carbonyl (C=O) groups is 1. The van der Waals surface area contributed by atoms with E-state index in [4.69, 9.17) is 4.74 Å². The van der Waals surface area contributed by atoms with Gasteiger partial charge in [0, 0.05) is 4.90 Å². The van der Waals surface area contributed by atoms with Gasteiger partial charge in [-0.2, -0.15) is 0 Å². The van der Waals surface area contributed by atoms with Gasteiger partial charge in [0.25, 0.3) is 0 Å². The van der Waals surface area contributed by atoms with Crippen molar-refractivity contribution in [2.45, 2.75) is 68.3 Å². The second-order valence-electron chi connectivity index (χ2n) is 8.60. The third kappa shape index (κ3) is 1.91. The van der Waals surface area contributed by atoms with Crippen LogP contribution in [0.1, 0.15) is 47.0 Å². The molecule has 1 spiro atoms. The van der Waals surface area contributed by atoms with Gasteiger partial charge in [-0.25, -0.2) is 0 Å². The van der Waals surface area contributed by atoms with Gasteiger partial charge in [0.15, 0.2) is 5.78 Å². The second kappa shape index (κ2) is 4.98. The van der Waals surface area contributed by atoms with Crippen LogP contribution in [0.2, 0.25) is 0 Å². The average molecular weight is 343 g/mol. The summed E-state index contributed by atoms with van der Waals surface area (Å²) in [5.41, 5.74) is -1.44. The van der Waals surface area contributed by atoms with Crippen LogP contribution in [-0.4, -0.2) is 22.2 Å². The molecule has 0 aromatic heterocycles. The molecule has 3 heteroatoms. The molecule has 128 valence electrons. The molecule has 2 nitrogen and oxygen atoms in total. The molecule has 1 aromatic carbocycles. The molecule has 0 unspecified atom stereocenters. The Labute approximate surface area is 149 Å². The Morgan fingerprint density at radius 2 is 1.75 bits per heavy atom. The molecule has 2 bridgehead atoms. The molecule has 2 fully saturated rings. The Balaban J connectivity index is 1.79. The van der Waals surface area contributed by atoms with Crippen LogP contribution in [0, 0.1) is 10.8 Å². The lowest BCUT2D eigenvalue weighted by atomic mass is 9.51. The Morgan fingerprint density at radius 1 is 1.04 bits per heavy atom. The van der Waals surface area contributed by atoms with Crippen LogP contribution < -0.4 is 0 Å². The molecule has 2 heterocycles. The predicted octanol–water partition coefficient (Wildman–Crippen LogP) is 5.03. The molecule has 24 heavy (non-hydrogen) atoms. The minimum absolute atomic E-state index is 0.0215. The van der Waals surface area contributed by atoms with Crippen molar-refractivity contribution in [2.24, 2.45) is 10.8 Å². The number of hydrogen-bond acceptors (Lipinski definition) is 3. The van der Waals surface area contributed by atoms with Gasteiger partial charge in [-0.05, 0) is 44.2 Å². The number of Topliss-reactive ketones (excluding diaryl/α,β-unsaturated/α-hetero) is 1. The molecule has 0 amide bonds. The second-order valence-corrected chi connectivity index (χ2v) is 9.78. The lowest BCUT2D eigenvalue weighted by Crippen LogP contribution is -2.70. The summed E-state index contributed by atoms with van der Waals surface area (Å²) in [6.45, 7) is 8.75. The zero-order valence-electron chi connectivity index (χ0n) is 15.0. The van der Waals surface area contributed by atoms with Crippen LogP contribution in [0.3, 0.4) is 0 Å². The summed E-state index contributed by atoms with van der Waals surface area (Å²) in [4.78, 5) is 14.8. The number of carbonyl (C=O) groups excluding carboxylic acids is 1. The van der Waals surface area contributed by atoms with E-state index >= 15 is 0 Å². The van der Waals surface area contributed by atoms with E-state index in [-0.39, 0.29) is 10.7 Å². The summed E-state index contributed by atoms with van der Waals surface area (Å²) < 4.78 is 6.80. The van der Waals surface area contributed by atoms with Crippen molar-refractivity contribution in [3.63, 3.8) is 0 Å². The fourth-order valence-corrected chi connectivity index (χ4v) is 6.48. The Hall–Kier alpha value is -1.06. The number of benzene rings is 1. The molecule has 2 aliphatic heterocycles. The molecule has 1 aliphatic carbocycles. The summed E-state index contributed by atoms with van der Waals surface area (Å²) in [5.74, 6) is 0.364. The van der Waals surface area contributed by atoms with E-state index in [9.17, 15) is 4.79 Å². The van der Waals surface area contributed by atoms with Crippen molar-refractivity contribution in [3.8, 4) is 0 Å². The number of ether oxygens (including phenoxy) is 1. The zero-order valence-corrected chi connectivity index (χ0v) is 15.8. The number of fused-ring (bicyclic) bond motifs is 1. The maximum absolute atomic E-state index is 13.7. The topological polar surface area (TPSA) is 26.3 Å². The molecule has 0 radical (unpaired) electrons. The molecular formula is C21H26O2S. The molecule has 0 N–H and O–H groups in total. The van der Waals surface area contributed by atoms with Gasteiger partial charge >= 0.3 is 0 Å². The molecule has 4 rings (SSSR count). The third-order valence-corrected chi connectivity index (χ3v) is 8.10. The van der Waals surface area contributed by atoms with Crippen molar-refractivity contribution < 1.29 is 9.53 Å². The molecule has 3 aliphatic rings. The highest BCUT2D eigenvalue weighted by Gasteiger charge is 2.71. The summed E-state index contributed by atoms with van der Waals surface area (Å²) in [5, 5.41) is -0.189. The van der Waals surface area contributed by atoms with Crippen LogP contribution in [0.25, 0.3) is 0 Å². The number of thioether (sulfide) groups is 1. The van der Waals surface area contributed by atoms with Crippen molar-refractivity contribution >= 4 is 17.5 Å². The van der Waals surface area contributed by atoms with E-state index in [1.165, 1.54) is 0 Å². The molecular weight excluding hydrogens is 316 g/mol. The van der Waals surface area contributed by atoms with Gasteiger partial charge in [-0.15, -0.1) is 11.8 Å². The van der Waals surface area contributed by atoms with Crippen LogP contribution in [0.15, 0.2) is 47.4 Å². The highest BCUT2D eigenvalue weighted by molar-refractivity contribution is 8.00. The van der Waals surface area contributed by atoms with Gasteiger partial charge in [-0.1, -0.05) is 50.6 Å². The van der Waals surface area contributed by atoms with Gasteiger partial charge in [0.1, 0.15) is 16.5 Å². The predicted molar refractivity (Wildman–Crippen MR) is 98.2 cm³/mol. The monoisotopic (exact) mass is 342 g/mol. The summed E-state index contributed by atoms with van der Waals surface area (Å²) in [7, 11) is 0. The van der Waals surface area contributed by atoms with E-state index in [1.54, 1.807) is 11.8 Å². The molecule has 1 saturated carbocycles. The van der Waals surface area contributed by atoms with Crippen molar-refractivity contribution in [2.75, 3.05) is 0 Å². The molecule has 4 atom stereocenters. The summed E-state index contributed by atoms with van der Waals surface area (Å²) in [6.07, 6.45) is 7.52. The van der Waals surface area contributed by atoms with Crippen LogP contribution in [0.4, 0.5) is 0 Å². The van der Waals surface area contributed by atoms with Crippen molar-refractivity contribution in [1.29, 1.82) is 0 Å². The van der Waals surface area contributed by atoms with Gasteiger partial charge in [-0.3, -0.25) is 4.79 Å². The highest BCUT2D eigenvalue weighted by atomic mass is 32.2. The largest absolute Gasteiger partial charge is 0.357 e. The van der Waals surface area contributed by atoms with Crippen LogP contribution in [-0.2, 0) is 9.53 Å². The zero-order chi connectivity index (χ0) is 17.2. The number of rotatable bonds is 2. The fraction of sp³-hybridized carbons (Fsp3) is 0.571. The lowest BCUT2D eigenvalue weighted by Gasteiger charge is -2.61. The Kier molecular flexibility index (Phi) is 3.41. The first-order valence-electron chi connectivity index (χ1n) is 8.91. The Bertz CT molecular complexity index is 710. The van der Waals surface area contributed by atoms with E-state index < -0.39 is 16.6 Å². The minimum atomic E-state index is -0.522. The molecule has 1 aromatic rings. The van der Waals surface area contributed by atoms with Crippen molar-refractivity contribution in [3.05, 3.63) is 42.5 Å². The first kappa shape index (κ1) is 16.4. The fourth-order valence-electron chi connectivity index (χ4n) is 5.16. The van der Waals surface area contributed by atoms with Gasteiger partial charge in [0.05, 0.1) is 5.41 Å². The average Bonchev–Trinajstić information content (AvgIpc) is 2.89. The molecule has 1 saturated heterocycles. The SMILES string of the molecule is CC1(C)CCC[C@]2(C)C(=O)[C@H](Sc3ccccc3)[C@]3(C)C=C[C@]12O3. The minimum Gasteiger partial charge on any atom is -0.357 e. The Morgan fingerprint density at radius 3 is 2.46 bits per heavy atom. The van der Waals surface area contributed by atoms with E-state index in [1.807, 2.05) is 18.2 Å². The normalized spacial score (nSPS) is 42.8. The first-order valence-corrected chi connectivity index (χ1v) is 9.79. The maximum Gasteiger partial charge on any atom is 0.158 e. The van der Waals surface area contributed by atoms with E-state index in [0.717, 1.165) is 24.2 Å². The highest BCUT2D eigenvalue weighted by Crippen LogP contribution is 2.65. The smallest absolute Gasteiger partial charge is 0.158 e. The maximum atomic E-state index is 13.7. The van der Waals surface area contributed by atoms with Crippen LogP contribution in [0.5, 0.6) is 0 Å². The quantitative estimate of drug-likeness (QED) is 0.705. The summed E-state index contributed by atoms with van der Waals surface area (Å²) in [6, 6.07) is 10.2. The van der Waals surface area contributed by atoms with Gasteiger partial charge < -0.3 is 4.74 Å². The van der Waals surface area contributed by atoms with Crippen molar-refractivity contribution in [1.82, 2.24) is 0 Å². The standard InChI is InChI=1S/C21H26O2S/c1-18(2)11-8-12-19(3)16(22)17(24-15-9-6-5-7-10-15)20(4)13-14-21(18,19)23-20/h5-7,9-10,13-14,17H,8,11-12H2,1-4H3/t17-,19+,20-,21-/m0/s1. The van der Waals surface area contributed by atoms with E-state index in [2.05, 4.69) is 52.0 Å². The first-order chi connectivity index (χ1) is 11.2. The summed E-state index contributed by atoms with van der Waals surface area (Å²) >= 11 is 1.66. The van der Waals surface area contributed by atoms with Crippen LogP contribution >= 0.6 is 11.8 Å². The van der Waals surface area contributed by atoms with Gasteiger partial charge in [0.2, 0.25) is 0 Å². The third-order valence-electron chi connectivity index (χ3n) is 6.63. The lowest BCUT2D eigenvalue weighted by molar-refractivity contribution is -0.234.